The van der Waals surface area contributed by atoms with Gasteiger partial charge >= 0.3 is 0 Å². The van der Waals surface area contributed by atoms with Gasteiger partial charge in [-0.15, -0.1) is 0 Å². The van der Waals surface area contributed by atoms with E-state index in [1.165, 1.54) is 4.31 Å². The first-order valence-corrected chi connectivity index (χ1v) is 6.67. The number of sulfonamides is 1. The van der Waals surface area contributed by atoms with E-state index in [0.717, 1.165) is 5.56 Å². The lowest BCUT2D eigenvalue weighted by Crippen LogP contribution is -2.33. The van der Waals surface area contributed by atoms with Crippen molar-refractivity contribution in [1.29, 1.82) is 0 Å². The van der Waals surface area contributed by atoms with E-state index in [9.17, 15) is 8.42 Å². The lowest BCUT2D eigenvalue weighted by Gasteiger charge is -2.16. The van der Waals surface area contributed by atoms with Crippen LogP contribution in [-0.4, -0.2) is 31.5 Å². The Balaban J connectivity index is 1.96. The zero-order valence-corrected chi connectivity index (χ0v) is 9.83. The molecule has 0 aromatic heterocycles. The van der Waals surface area contributed by atoms with E-state index in [2.05, 4.69) is 0 Å². The van der Waals surface area contributed by atoms with Gasteiger partial charge in [0.2, 0.25) is 10.0 Å². The third-order valence-corrected chi connectivity index (χ3v) is 4.98. The van der Waals surface area contributed by atoms with Crippen molar-refractivity contribution in [3.8, 4) is 0 Å². The lowest BCUT2D eigenvalue weighted by molar-refractivity contribution is 0.265. The van der Waals surface area contributed by atoms with Crippen LogP contribution in [0.3, 0.4) is 0 Å². The largest absolute Gasteiger partial charge is 0.368 e. The quantitative estimate of drug-likeness (QED) is 0.723. The van der Waals surface area contributed by atoms with Crippen LogP contribution in [0.2, 0.25) is 0 Å². The minimum absolute atomic E-state index is 0.269. The summed E-state index contributed by atoms with van der Waals surface area (Å²) in [7, 11) is -3.29. The molecule has 1 aromatic carbocycles. The molecule has 2 aliphatic rings. The van der Waals surface area contributed by atoms with Crippen LogP contribution in [0.5, 0.6) is 0 Å². The van der Waals surface area contributed by atoms with Crippen molar-refractivity contribution in [3.05, 3.63) is 29.8 Å². The van der Waals surface area contributed by atoms with Gasteiger partial charge in [0, 0.05) is 13.1 Å². The SMILES string of the molecule is CC1(CN2Cc3ccccc3S2(=O)=O)CO1. The standard InChI is InChI=1S/C11H13NO3S/c1-11(8-15-11)7-12-6-9-4-2-3-5-10(9)16(12,13)14/h2-5H,6-8H2,1H3. The summed E-state index contributed by atoms with van der Waals surface area (Å²) in [6, 6.07) is 7.16. The fraction of sp³-hybridized carbons (Fsp3) is 0.455. The van der Waals surface area contributed by atoms with E-state index in [1.54, 1.807) is 12.1 Å². The number of nitrogens with zero attached hydrogens (tertiary/aromatic N) is 1. The molecule has 0 saturated carbocycles. The molecule has 1 atom stereocenters. The molecule has 0 bridgehead atoms. The molecule has 1 unspecified atom stereocenters. The molecule has 0 N–H and O–H groups in total. The van der Waals surface area contributed by atoms with Gasteiger partial charge in [-0.3, -0.25) is 0 Å². The van der Waals surface area contributed by atoms with Gasteiger partial charge in [-0.05, 0) is 18.6 Å². The van der Waals surface area contributed by atoms with Crippen molar-refractivity contribution in [2.24, 2.45) is 0 Å². The van der Waals surface area contributed by atoms with Gasteiger partial charge in [-0.1, -0.05) is 18.2 Å². The second kappa shape index (κ2) is 3.06. The Hall–Kier alpha value is -0.910. The predicted octanol–water partition coefficient (Wildman–Crippen LogP) is 0.980. The minimum Gasteiger partial charge on any atom is -0.368 e. The van der Waals surface area contributed by atoms with Crippen LogP contribution in [0.15, 0.2) is 29.2 Å². The van der Waals surface area contributed by atoms with Crippen LogP contribution < -0.4 is 0 Å². The van der Waals surface area contributed by atoms with Gasteiger partial charge < -0.3 is 4.74 Å². The molecule has 2 heterocycles. The summed E-state index contributed by atoms with van der Waals surface area (Å²) >= 11 is 0. The maximum Gasteiger partial charge on any atom is 0.243 e. The summed E-state index contributed by atoms with van der Waals surface area (Å²) in [5, 5.41) is 0. The van der Waals surface area contributed by atoms with Crippen molar-refractivity contribution in [2.45, 2.75) is 24.0 Å². The van der Waals surface area contributed by atoms with Crippen LogP contribution >= 0.6 is 0 Å². The Kier molecular flexibility index (Phi) is 1.96. The molecular formula is C11H13NO3S. The van der Waals surface area contributed by atoms with E-state index in [0.29, 0.717) is 24.6 Å². The highest BCUT2D eigenvalue weighted by Gasteiger charge is 2.46. The van der Waals surface area contributed by atoms with Crippen LogP contribution in [0.4, 0.5) is 0 Å². The van der Waals surface area contributed by atoms with Crippen LogP contribution in [-0.2, 0) is 21.3 Å². The monoisotopic (exact) mass is 239 g/mol. The Labute approximate surface area is 94.9 Å². The van der Waals surface area contributed by atoms with Crippen LogP contribution in [0.25, 0.3) is 0 Å². The van der Waals surface area contributed by atoms with E-state index >= 15 is 0 Å². The number of ether oxygens (including phenoxy) is 1. The third-order valence-electron chi connectivity index (χ3n) is 3.09. The van der Waals surface area contributed by atoms with Gasteiger partial charge in [-0.25, -0.2) is 8.42 Å². The molecule has 1 saturated heterocycles. The first kappa shape index (κ1) is 10.3. The lowest BCUT2D eigenvalue weighted by atomic mass is 10.2. The summed E-state index contributed by atoms with van der Waals surface area (Å²) in [6.07, 6.45) is 0. The Morgan fingerprint density at radius 1 is 1.44 bits per heavy atom. The van der Waals surface area contributed by atoms with E-state index in [-0.39, 0.29) is 5.60 Å². The van der Waals surface area contributed by atoms with Crippen molar-refractivity contribution < 1.29 is 13.2 Å². The first-order chi connectivity index (χ1) is 7.51. The number of fused-ring (bicyclic) bond motifs is 1. The Morgan fingerprint density at radius 3 is 2.75 bits per heavy atom. The zero-order valence-electron chi connectivity index (χ0n) is 9.01. The average Bonchev–Trinajstić information content (AvgIpc) is 2.90. The summed E-state index contributed by atoms with van der Waals surface area (Å²) in [6.45, 7) is 3.50. The summed E-state index contributed by atoms with van der Waals surface area (Å²) in [5.74, 6) is 0. The highest BCUT2D eigenvalue weighted by Crippen LogP contribution is 2.35. The van der Waals surface area contributed by atoms with Gasteiger partial charge in [0.25, 0.3) is 0 Å². The molecule has 5 heteroatoms. The maximum absolute atomic E-state index is 12.2. The Morgan fingerprint density at radius 2 is 2.12 bits per heavy atom. The normalized spacial score (nSPS) is 31.3. The zero-order chi connectivity index (χ0) is 11.4. The molecule has 0 spiro atoms. The van der Waals surface area contributed by atoms with Gasteiger partial charge in [0.15, 0.2) is 0 Å². The highest BCUT2D eigenvalue weighted by atomic mass is 32.2. The molecule has 0 aliphatic carbocycles. The molecule has 0 amide bonds. The van der Waals surface area contributed by atoms with Gasteiger partial charge in [0.05, 0.1) is 11.5 Å². The molecular weight excluding hydrogens is 226 g/mol. The fourth-order valence-corrected chi connectivity index (χ4v) is 3.77. The number of rotatable bonds is 2. The topological polar surface area (TPSA) is 49.9 Å². The average molecular weight is 239 g/mol. The smallest absolute Gasteiger partial charge is 0.243 e. The molecule has 1 aromatic rings. The van der Waals surface area contributed by atoms with Crippen molar-refractivity contribution in [3.63, 3.8) is 0 Å². The van der Waals surface area contributed by atoms with E-state index in [4.69, 9.17) is 4.74 Å². The number of hydrogen-bond donors (Lipinski definition) is 0. The van der Waals surface area contributed by atoms with Crippen molar-refractivity contribution in [1.82, 2.24) is 4.31 Å². The first-order valence-electron chi connectivity index (χ1n) is 5.23. The molecule has 1 fully saturated rings. The van der Waals surface area contributed by atoms with E-state index < -0.39 is 10.0 Å². The summed E-state index contributed by atoms with van der Waals surface area (Å²) in [5.41, 5.74) is 0.613. The maximum atomic E-state index is 12.2. The summed E-state index contributed by atoms with van der Waals surface area (Å²) < 4.78 is 31.1. The molecule has 0 radical (unpaired) electrons. The van der Waals surface area contributed by atoms with Crippen molar-refractivity contribution in [2.75, 3.05) is 13.2 Å². The molecule has 86 valence electrons. The van der Waals surface area contributed by atoms with Gasteiger partial charge in [0.1, 0.15) is 5.60 Å². The third kappa shape index (κ3) is 1.47. The fourth-order valence-electron chi connectivity index (χ4n) is 2.03. The van der Waals surface area contributed by atoms with E-state index in [1.807, 2.05) is 19.1 Å². The van der Waals surface area contributed by atoms with Gasteiger partial charge in [-0.2, -0.15) is 4.31 Å². The number of benzene rings is 1. The molecule has 4 nitrogen and oxygen atoms in total. The second-order valence-corrected chi connectivity index (χ2v) is 6.53. The number of hydrogen-bond acceptors (Lipinski definition) is 3. The van der Waals surface area contributed by atoms with Crippen LogP contribution in [0.1, 0.15) is 12.5 Å². The second-order valence-electron chi connectivity index (χ2n) is 4.62. The predicted molar refractivity (Wildman–Crippen MR) is 58.4 cm³/mol. The van der Waals surface area contributed by atoms with Crippen LogP contribution in [0, 0.1) is 0 Å². The van der Waals surface area contributed by atoms with Crippen molar-refractivity contribution >= 4 is 10.0 Å². The highest BCUT2D eigenvalue weighted by molar-refractivity contribution is 7.89. The molecule has 3 rings (SSSR count). The summed E-state index contributed by atoms with van der Waals surface area (Å²) in [4.78, 5) is 0.444. The Bertz CT molecular complexity index is 534. The molecule has 2 aliphatic heterocycles. The number of epoxide rings is 1. The molecule has 16 heavy (non-hydrogen) atoms. The minimum atomic E-state index is -3.29.